The molecule has 1 nitrogen and oxygen atoms in total. The van der Waals surface area contributed by atoms with Gasteiger partial charge in [-0.3, -0.25) is 0 Å². The number of para-hydroxylation sites is 1. The predicted octanol–water partition coefficient (Wildman–Crippen LogP) is 7.18. The van der Waals surface area contributed by atoms with Crippen LogP contribution in [0.25, 0.3) is 0 Å². The lowest BCUT2D eigenvalue weighted by Crippen LogP contribution is -2.13. The Bertz CT molecular complexity index is 462. The number of benzene rings is 1. The summed E-state index contributed by atoms with van der Waals surface area (Å²) in [5.41, 5.74) is 1.76. The number of rotatable bonds is 11. The van der Waals surface area contributed by atoms with Crippen LogP contribution in [0, 0.1) is 11.8 Å². The summed E-state index contributed by atoms with van der Waals surface area (Å²) in [5, 5.41) is 0. The third-order valence-corrected chi connectivity index (χ3v) is 5.39. The van der Waals surface area contributed by atoms with E-state index in [1.165, 1.54) is 64.2 Å². The first-order chi connectivity index (χ1) is 11.8. The van der Waals surface area contributed by atoms with Crippen LogP contribution < -0.4 is 4.74 Å². The summed E-state index contributed by atoms with van der Waals surface area (Å²) in [6.07, 6.45) is 15.9. The fraction of sp³-hybridized carbons (Fsp3) is 0.652. The highest BCUT2D eigenvalue weighted by Gasteiger charge is 2.19. The molecule has 0 saturated carbocycles. The minimum absolute atomic E-state index is 0.798. The van der Waals surface area contributed by atoms with E-state index in [4.69, 9.17) is 4.74 Å². The maximum absolute atomic E-state index is 5.88. The van der Waals surface area contributed by atoms with E-state index in [1.54, 1.807) is 5.57 Å². The van der Waals surface area contributed by atoms with Crippen molar-refractivity contribution < 1.29 is 4.74 Å². The molecule has 1 aromatic carbocycles. The molecule has 0 radical (unpaired) electrons. The van der Waals surface area contributed by atoms with Crippen molar-refractivity contribution in [3.8, 4) is 5.75 Å². The molecule has 1 heteroatoms. The largest absolute Gasteiger partial charge is 0.494 e. The molecule has 0 N–H and O–H groups in total. The highest BCUT2D eigenvalue weighted by molar-refractivity contribution is 5.20. The molecule has 0 aromatic heterocycles. The minimum atomic E-state index is 0.798. The zero-order valence-corrected chi connectivity index (χ0v) is 15.8. The summed E-state index contributed by atoms with van der Waals surface area (Å²) in [4.78, 5) is 0. The molecule has 0 fully saturated rings. The SMILES string of the molecule is CCCCC(CCCOc1ccccc1)C1=CCC(CCC)CC1. The molecule has 0 aliphatic heterocycles. The van der Waals surface area contributed by atoms with Crippen LogP contribution in [0.1, 0.15) is 78.1 Å². The molecule has 2 atom stereocenters. The Labute approximate surface area is 149 Å². The number of hydrogen-bond acceptors (Lipinski definition) is 1. The molecule has 24 heavy (non-hydrogen) atoms. The first-order valence-electron chi connectivity index (χ1n) is 10.2. The van der Waals surface area contributed by atoms with Gasteiger partial charge in [0.2, 0.25) is 0 Å². The van der Waals surface area contributed by atoms with Gasteiger partial charge in [0.25, 0.3) is 0 Å². The quantitative estimate of drug-likeness (QED) is 0.309. The molecule has 0 spiro atoms. The molecular formula is C23H36O. The molecule has 0 bridgehead atoms. The second-order valence-electron chi connectivity index (χ2n) is 7.35. The first-order valence-corrected chi connectivity index (χ1v) is 10.2. The number of hydrogen-bond donors (Lipinski definition) is 0. The van der Waals surface area contributed by atoms with Gasteiger partial charge < -0.3 is 4.74 Å². The van der Waals surface area contributed by atoms with Gasteiger partial charge in [0, 0.05) is 0 Å². The molecule has 2 unspecified atom stereocenters. The fourth-order valence-corrected chi connectivity index (χ4v) is 3.95. The molecular weight excluding hydrogens is 292 g/mol. The van der Waals surface area contributed by atoms with E-state index in [0.717, 1.165) is 24.2 Å². The molecule has 2 rings (SSSR count). The van der Waals surface area contributed by atoms with Crippen molar-refractivity contribution >= 4 is 0 Å². The lowest BCUT2D eigenvalue weighted by atomic mass is 9.79. The lowest BCUT2D eigenvalue weighted by Gasteiger charge is -2.27. The van der Waals surface area contributed by atoms with Crippen LogP contribution in [0.4, 0.5) is 0 Å². The molecule has 0 heterocycles. The van der Waals surface area contributed by atoms with Crippen molar-refractivity contribution in [3.05, 3.63) is 42.0 Å². The average molecular weight is 329 g/mol. The van der Waals surface area contributed by atoms with Crippen molar-refractivity contribution in [2.45, 2.75) is 78.1 Å². The predicted molar refractivity (Wildman–Crippen MR) is 105 cm³/mol. The fourth-order valence-electron chi connectivity index (χ4n) is 3.95. The smallest absolute Gasteiger partial charge is 0.119 e. The van der Waals surface area contributed by atoms with E-state index in [9.17, 15) is 0 Å². The Hall–Kier alpha value is -1.24. The summed E-state index contributed by atoms with van der Waals surface area (Å²) in [6.45, 7) is 5.47. The number of allylic oxidation sites excluding steroid dienone is 2. The van der Waals surface area contributed by atoms with Crippen molar-refractivity contribution in [1.29, 1.82) is 0 Å². The van der Waals surface area contributed by atoms with Crippen LogP contribution >= 0.6 is 0 Å². The van der Waals surface area contributed by atoms with E-state index in [2.05, 4.69) is 19.9 Å². The van der Waals surface area contributed by atoms with Crippen molar-refractivity contribution in [3.63, 3.8) is 0 Å². The van der Waals surface area contributed by atoms with Crippen molar-refractivity contribution in [2.75, 3.05) is 6.61 Å². The van der Waals surface area contributed by atoms with Gasteiger partial charge in [-0.25, -0.2) is 0 Å². The zero-order valence-electron chi connectivity index (χ0n) is 15.8. The third-order valence-electron chi connectivity index (χ3n) is 5.39. The molecule has 1 aliphatic carbocycles. The summed E-state index contributed by atoms with van der Waals surface area (Å²) < 4.78 is 5.88. The van der Waals surface area contributed by atoms with Crippen LogP contribution in [0.15, 0.2) is 42.0 Å². The second-order valence-corrected chi connectivity index (χ2v) is 7.35. The van der Waals surface area contributed by atoms with E-state index in [1.807, 2.05) is 30.3 Å². The highest BCUT2D eigenvalue weighted by atomic mass is 16.5. The Morgan fingerprint density at radius 2 is 1.83 bits per heavy atom. The Morgan fingerprint density at radius 3 is 2.50 bits per heavy atom. The third kappa shape index (κ3) is 6.71. The van der Waals surface area contributed by atoms with Crippen LogP contribution in [-0.4, -0.2) is 6.61 Å². The lowest BCUT2D eigenvalue weighted by molar-refractivity contribution is 0.291. The van der Waals surface area contributed by atoms with Gasteiger partial charge in [-0.1, -0.05) is 69.4 Å². The Balaban J connectivity index is 1.77. The van der Waals surface area contributed by atoms with Crippen LogP contribution in [-0.2, 0) is 0 Å². The van der Waals surface area contributed by atoms with Crippen molar-refractivity contribution in [2.24, 2.45) is 11.8 Å². The van der Waals surface area contributed by atoms with Gasteiger partial charge in [-0.05, 0) is 62.5 Å². The maximum atomic E-state index is 5.88. The van der Waals surface area contributed by atoms with Gasteiger partial charge in [-0.2, -0.15) is 0 Å². The van der Waals surface area contributed by atoms with Crippen LogP contribution in [0.2, 0.25) is 0 Å². The summed E-state index contributed by atoms with van der Waals surface area (Å²) in [7, 11) is 0. The molecule has 1 aliphatic rings. The molecule has 0 amide bonds. The standard InChI is InChI=1S/C23H36O/c1-3-5-11-21(22-17-15-20(10-4-2)16-18-22)12-9-19-24-23-13-7-6-8-14-23/h6-8,13-14,17,20-21H,3-5,9-12,15-16,18-19H2,1-2H3. The average Bonchev–Trinajstić information content (AvgIpc) is 2.63. The number of ether oxygens (including phenoxy) is 1. The Morgan fingerprint density at radius 1 is 1.04 bits per heavy atom. The topological polar surface area (TPSA) is 9.23 Å². The zero-order chi connectivity index (χ0) is 17.0. The normalized spacial score (nSPS) is 18.9. The summed E-state index contributed by atoms with van der Waals surface area (Å²) in [6, 6.07) is 10.2. The van der Waals surface area contributed by atoms with Gasteiger partial charge in [-0.15, -0.1) is 0 Å². The van der Waals surface area contributed by atoms with Gasteiger partial charge >= 0.3 is 0 Å². The molecule has 1 aromatic rings. The first kappa shape index (κ1) is 19.1. The van der Waals surface area contributed by atoms with E-state index >= 15 is 0 Å². The van der Waals surface area contributed by atoms with Crippen LogP contribution in [0.5, 0.6) is 5.75 Å². The minimum Gasteiger partial charge on any atom is -0.494 e. The monoisotopic (exact) mass is 328 g/mol. The van der Waals surface area contributed by atoms with E-state index in [-0.39, 0.29) is 0 Å². The highest BCUT2D eigenvalue weighted by Crippen LogP contribution is 2.34. The summed E-state index contributed by atoms with van der Waals surface area (Å²) in [5.74, 6) is 2.75. The maximum Gasteiger partial charge on any atom is 0.119 e. The van der Waals surface area contributed by atoms with Gasteiger partial charge in [0.15, 0.2) is 0 Å². The number of unbranched alkanes of at least 4 members (excludes halogenated alkanes) is 1. The van der Waals surface area contributed by atoms with Gasteiger partial charge in [0.1, 0.15) is 5.75 Å². The van der Waals surface area contributed by atoms with Crippen molar-refractivity contribution in [1.82, 2.24) is 0 Å². The van der Waals surface area contributed by atoms with E-state index < -0.39 is 0 Å². The van der Waals surface area contributed by atoms with E-state index in [0.29, 0.717) is 0 Å². The van der Waals surface area contributed by atoms with Gasteiger partial charge in [0.05, 0.1) is 6.61 Å². The van der Waals surface area contributed by atoms with Crippen LogP contribution in [0.3, 0.4) is 0 Å². The summed E-state index contributed by atoms with van der Waals surface area (Å²) >= 11 is 0. The molecule has 134 valence electrons. The second kappa shape index (κ2) is 11.3. The Kier molecular flexibility index (Phi) is 9.02. The molecule has 0 saturated heterocycles.